The minimum Gasteiger partial charge on any atom is -0.319 e. The van der Waals surface area contributed by atoms with E-state index >= 15 is 0 Å². The van der Waals surface area contributed by atoms with Gasteiger partial charge in [0.2, 0.25) is 0 Å². The van der Waals surface area contributed by atoms with Gasteiger partial charge in [-0.3, -0.25) is 0 Å². The Labute approximate surface area is 108 Å². The van der Waals surface area contributed by atoms with Crippen molar-refractivity contribution in [3.05, 3.63) is 34.6 Å². The molecule has 3 heteroatoms. The Kier molecular flexibility index (Phi) is 5.93. The number of hydrogen-bond acceptors (Lipinski definition) is 1. The molecule has 0 amide bonds. The second-order valence-corrected chi connectivity index (χ2v) is 5.40. The molecule has 1 N–H and O–H groups in total. The van der Waals surface area contributed by atoms with Crippen LogP contribution in [-0.4, -0.2) is 13.6 Å². The first-order chi connectivity index (χ1) is 8.02. The van der Waals surface area contributed by atoms with Gasteiger partial charge >= 0.3 is 0 Å². The maximum absolute atomic E-state index is 12.9. The van der Waals surface area contributed by atoms with Crippen LogP contribution in [0.2, 0.25) is 5.02 Å². The second kappa shape index (κ2) is 6.97. The number of hydrogen-bond donors (Lipinski definition) is 1. The van der Waals surface area contributed by atoms with Crippen molar-refractivity contribution in [2.24, 2.45) is 11.8 Å². The Morgan fingerprint density at radius 3 is 2.59 bits per heavy atom. The largest absolute Gasteiger partial charge is 0.319 e. The molecule has 1 rings (SSSR count). The first-order valence-corrected chi connectivity index (χ1v) is 6.49. The highest BCUT2D eigenvalue weighted by Gasteiger charge is 2.13. The molecule has 96 valence electrons. The summed E-state index contributed by atoms with van der Waals surface area (Å²) >= 11 is 6.05. The molecule has 0 saturated heterocycles. The summed E-state index contributed by atoms with van der Waals surface area (Å²) < 4.78 is 12.9. The third-order valence-electron chi connectivity index (χ3n) is 2.82. The van der Waals surface area contributed by atoms with E-state index in [2.05, 4.69) is 19.2 Å². The molecule has 0 saturated carbocycles. The number of halogens is 2. The van der Waals surface area contributed by atoms with Crippen molar-refractivity contribution in [1.82, 2.24) is 5.32 Å². The van der Waals surface area contributed by atoms with E-state index in [9.17, 15) is 4.39 Å². The molecule has 0 bridgehead atoms. The minimum absolute atomic E-state index is 0.271. The van der Waals surface area contributed by atoms with Crippen molar-refractivity contribution in [2.75, 3.05) is 13.6 Å². The maximum Gasteiger partial charge on any atom is 0.124 e. The van der Waals surface area contributed by atoms with Crippen molar-refractivity contribution >= 4 is 11.6 Å². The molecular weight excluding hydrogens is 237 g/mol. The zero-order valence-electron chi connectivity index (χ0n) is 10.8. The van der Waals surface area contributed by atoms with Crippen LogP contribution in [0.5, 0.6) is 0 Å². The van der Waals surface area contributed by atoms with Crippen LogP contribution in [0.1, 0.15) is 25.8 Å². The van der Waals surface area contributed by atoms with E-state index in [0.29, 0.717) is 16.9 Å². The highest BCUT2D eigenvalue weighted by Crippen LogP contribution is 2.23. The predicted molar refractivity (Wildman–Crippen MR) is 72.0 cm³/mol. The zero-order valence-corrected chi connectivity index (χ0v) is 11.5. The molecule has 0 aliphatic carbocycles. The molecule has 1 nitrogen and oxygen atoms in total. The van der Waals surface area contributed by atoms with Gasteiger partial charge in [-0.15, -0.1) is 0 Å². The Bertz CT molecular complexity index is 352. The van der Waals surface area contributed by atoms with Gasteiger partial charge in [-0.05, 0) is 56.0 Å². The lowest BCUT2D eigenvalue weighted by atomic mass is 9.91. The normalized spacial score (nSPS) is 13.1. The summed E-state index contributed by atoms with van der Waals surface area (Å²) in [7, 11) is 1.96. The minimum atomic E-state index is -0.271. The average molecular weight is 258 g/mol. The fourth-order valence-electron chi connectivity index (χ4n) is 2.19. The van der Waals surface area contributed by atoms with Gasteiger partial charge in [0, 0.05) is 5.02 Å². The van der Waals surface area contributed by atoms with E-state index in [4.69, 9.17) is 11.6 Å². The third-order valence-corrected chi connectivity index (χ3v) is 3.17. The van der Waals surface area contributed by atoms with Crippen LogP contribution in [0.15, 0.2) is 18.2 Å². The standard InChI is InChI=1S/C14H21ClFN/c1-10(2)6-11(9-17-3)7-12-4-5-13(16)8-14(12)15/h4-5,8,10-11,17H,6-7,9H2,1-3H3. The van der Waals surface area contributed by atoms with Crippen molar-refractivity contribution in [1.29, 1.82) is 0 Å². The summed E-state index contributed by atoms with van der Waals surface area (Å²) in [5.74, 6) is 0.934. The molecule has 1 aromatic rings. The predicted octanol–water partition coefficient (Wildman–Crippen LogP) is 3.90. The van der Waals surface area contributed by atoms with Gasteiger partial charge in [0.05, 0.1) is 0 Å². The lowest BCUT2D eigenvalue weighted by Crippen LogP contribution is -2.22. The van der Waals surface area contributed by atoms with E-state index in [-0.39, 0.29) is 5.82 Å². The Morgan fingerprint density at radius 1 is 1.35 bits per heavy atom. The molecule has 0 aliphatic heterocycles. The molecule has 0 aromatic heterocycles. The maximum atomic E-state index is 12.9. The molecule has 0 heterocycles. The van der Waals surface area contributed by atoms with Gasteiger partial charge in [-0.25, -0.2) is 4.39 Å². The van der Waals surface area contributed by atoms with Crippen LogP contribution in [-0.2, 0) is 6.42 Å². The average Bonchev–Trinajstić information content (AvgIpc) is 2.21. The summed E-state index contributed by atoms with van der Waals surface area (Å²) in [4.78, 5) is 0. The van der Waals surface area contributed by atoms with Gasteiger partial charge in [-0.1, -0.05) is 31.5 Å². The van der Waals surface area contributed by atoms with Crippen LogP contribution in [0.25, 0.3) is 0 Å². The molecule has 1 unspecified atom stereocenters. The summed E-state index contributed by atoms with van der Waals surface area (Å²) in [6.07, 6.45) is 2.05. The van der Waals surface area contributed by atoms with Crippen LogP contribution in [0.3, 0.4) is 0 Å². The monoisotopic (exact) mass is 257 g/mol. The van der Waals surface area contributed by atoms with Crippen LogP contribution in [0.4, 0.5) is 4.39 Å². The van der Waals surface area contributed by atoms with Gasteiger partial charge in [-0.2, -0.15) is 0 Å². The lowest BCUT2D eigenvalue weighted by molar-refractivity contribution is 0.395. The first-order valence-electron chi connectivity index (χ1n) is 6.11. The Morgan fingerprint density at radius 2 is 2.06 bits per heavy atom. The fourth-order valence-corrected chi connectivity index (χ4v) is 2.44. The van der Waals surface area contributed by atoms with Crippen LogP contribution >= 0.6 is 11.6 Å². The smallest absolute Gasteiger partial charge is 0.124 e. The van der Waals surface area contributed by atoms with E-state index in [1.54, 1.807) is 6.07 Å². The molecule has 1 atom stereocenters. The highest BCUT2D eigenvalue weighted by molar-refractivity contribution is 6.31. The fraction of sp³-hybridized carbons (Fsp3) is 0.571. The summed E-state index contributed by atoms with van der Waals surface area (Å²) in [5, 5.41) is 3.74. The molecule has 0 spiro atoms. The van der Waals surface area contributed by atoms with Crippen molar-refractivity contribution in [2.45, 2.75) is 26.7 Å². The first kappa shape index (κ1) is 14.5. The van der Waals surface area contributed by atoms with Gasteiger partial charge in [0.15, 0.2) is 0 Å². The van der Waals surface area contributed by atoms with Crippen molar-refractivity contribution < 1.29 is 4.39 Å². The molecule has 1 aromatic carbocycles. The number of rotatable bonds is 6. The quantitative estimate of drug-likeness (QED) is 0.815. The number of benzene rings is 1. The van der Waals surface area contributed by atoms with Crippen molar-refractivity contribution in [3.8, 4) is 0 Å². The number of nitrogens with one attached hydrogen (secondary N) is 1. The SMILES string of the molecule is CNCC(Cc1ccc(F)cc1Cl)CC(C)C. The van der Waals surface area contributed by atoms with E-state index in [1.165, 1.54) is 12.1 Å². The summed E-state index contributed by atoms with van der Waals surface area (Å²) in [6, 6.07) is 4.66. The third kappa shape index (κ3) is 5.05. The van der Waals surface area contributed by atoms with Crippen molar-refractivity contribution in [3.63, 3.8) is 0 Å². The van der Waals surface area contributed by atoms with E-state index < -0.39 is 0 Å². The Hall–Kier alpha value is -0.600. The lowest BCUT2D eigenvalue weighted by Gasteiger charge is -2.19. The van der Waals surface area contributed by atoms with Gasteiger partial charge in [0.25, 0.3) is 0 Å². The van der Waals surface area contributed by atoms with E-state index in [0.717, 1.165) is 24.9 Å². The highest BCUT2D eigenvalue weighted by atomic mass is 35.5. The summed E-state index contributed by atoms with van der Waals surface area (Å²) in [5.41, 5.74) is 1.04. The Balaban J connectivity index is 2.71. The molecular formula is C14H21ClFN. The molecule has 17 heavy (non-hydrogen) atoms. The zero-order chi connectivity index (χ0) is 12.8. The summed E-state index contributed by atoms with van der Waals surface area (Å²) in [6.45, 7) is 5.40. The molecule has 0 radical (unpaired) electrons. The van der Waals surface area contributed by atoms with Gasteiger partial charge < -0.3 is 5.32 Å². The van der Waals surface area contributed by atoms with Crippen LogP contribution < -0.4 is 5.32 Å². The van der Waals surface area contributed by atoms with Gasteiger partial charge in [0.1, 0.15) is 5.82 Å². The molecule has 0 aliphatic rings. The van der Waals surface area contributed by atoms with Crippen LogP contribution in [0, 0.1) is 17.7 Å². The topological polar surface area (TPSA) is 12.0 Å². The second-order valence-electron chi connectivity index (χ2n) is 4.99. The van der Waals surface area contributed by atoms with E-state index in [1.807, 2.05) is 7.05 Å². The molecule has 0 fully saturated rings.